The lowest BCUT2D eigenvalue weighted by atomic mass is 9.98. The van der Waals surface area contributed by atoms with Crippen LogP contribution < -0.4 is 14.4 Å². The van der Waals surface area contributed by atoms with Crippen molar-refractivity contribution in [3.05, 3.63) is 59.2 Å². The Hall–Kier alpha value is -2.79. The van der Waals surface area contributed by atoms with Crippen LogP contribution in [-0.4, -0.2) is 50.2 Å². The number of para-hydroxylation sites is 2. The summed E-state index contributed by atoms with van der Waals surface area (Å²) in [6.45, 7) is 6.67. The van der Waals surface area contributed by atoms with Gasteiger partial charge >= 0.3 is 0 Å². The lowest BCUT2D eigenvalue weighted by Gasteiger charge is -2.32. The van der Waals surface area contributed by atoms with Gasteiger partial charge in [-0.1, -0.05) is 36.4 Å². The number of ether oxygens (including phenoxy) is 2. The van der Waals surface area contributed by atoms with Gasteiger partial charge in [0.25, 0.3) is 0 Å². The smallest absolute Gasteiger partial charge is 0.224 e. The fourth-order valence-electron chi connectivity index (χ4n) is 4.99. The lowest BCUT2D eigenvalue weighted by molar-refractivity contribution is -0.116. The summed E-state index contributed by atoms with van der Waals surface area (Å²) in [6, 6.07) is 12.7. The summed E-state index contributed by atoms with van der Waals surface area (Å²) in [4.78, 5) is 16.4. The van der Waals surface area contributed by atoms with Crippen molar-refractivity contribution in [3.8, 4) is 11.5 Å². The van der Waals surface area contributed by atoms with E-state index in [1.807, 2.05) is 17.0 Å². The Kier molecular flexibility index (Phi) is 5.68. The van der Waals surface area contributed by atoms with Crippen molar-refractivity contribution in [1.82, 2.24) is 4.90 Å². The second kappa shape index (κ2) is 8.75. The fraction of sp³-hybridized carbons (Fsp3) is 0.423. The molecule has 2 aromatic rings. The molecule has 0 fully saturated rings. The molecule has 1 amide bonds. The number of carbonyl (C=O) groups excluding carboxylic acids is 1. The molecular weight excluding hydrogens is 388 g/mol. The molecule has 0 N–H and O–H groups in total. The molecule has 0 saturated heterocycles. The molecule has 0 aliphatic carbocycles. The number of nitrogens with zero attached hydrogens (tertiary/aromatic N) is 2. The summed E-state index contributed by atoms with van der Waals surface area (Å²) in [7, 11) is 0. The number of carbonyl (C=O) groups is 1. The van der Waals surface area contributed by atoms with E-state index in [1.165, 1.54) is 16.7 Å². The van der Waals surface area contributed by atoms with Gasteiger partial charge in [-0.25, -0.2) is 0 Å². The zero-order valence-electron chi connectivity index (χ0n) is 18.2. The van der Waals surface area contributed by atoms with Crippen molar-refractivity contribution >= 4 is 17.2 Å². The largest absolute Gasteiger partial charge is 0.493 e. The Morgan fingerprint density at radius 3 is 2.81 bits per heavy atom. The summed E-state index contributed by atoms with van der Waals surface area (Å²) in [5, 5.41) is 0. The van der Waals surface area contributed by atoms with Crippen LogP contribution in [0.1, 0.15) is 36.5 Å². The summed E-state index contributed by atoms with van der Waals surface area (Å²) in [5.74, 6) is 2.05. The van der Waals surface area contributed by atoms with Crippen LogP contribution in [0, 0.1) is 0 Å². The first-order chi connectivity index (χ1) is 15.2. The topological polar surface area (TPSA) is 42.0 Å². The number of aryl methyl sites for hydroxylation is 1. The molecule has 0 aromatic heterocycles. The van der Waals surface area contributed by atoms with Crippen LogP contribution in [0.2, 0.25) is 0 Å². The maximum atomic E-state index is 12.0. The van der Waals surface area contributed by atoms with Crippen LogP contribution in [0.4, 0.5) is 5.69 Å². The molecule has 3 heterocycles. The Balaban J connectivity index is 1.25. The summed E-state index contributed by atoms with van der Waals surface area (Å²) in [6.07, 6.45) is 6.58. The Bertz CT molecular complexity index is 1010. The Labute approximate surface area is 184 Å². The zero-order chi connectivity index (χ0) is 21.2. The van der Waals surface area contributed by atoms with Crippen molar-refractivity contribution in [2.45, 2.75) is 32.6 Å². The second-order valence-electron chi connectivity index (χ2n) is 8.57. The molecule has 0 bridgehead atoms. The van der Waals surface area contributed by atoms with Crippen LogP contribution in [0.25, 0.3) is 5.57 Å². The van der Waals surface area contributed by atoms with Crippen LogP contribution >= 0.6 is 0 Å². The van der Waals surface area contributed by atoms with Gasteiger partial charge in [-0.2, -0.15) is 0 Å². The molecule has 0 unspecified atom stereocenters. The monoisotopic (exact) mass is 418 g/mol. The average Bonchev–Trinajstić information content (AvgIpc) is 3.28. The third-order valence-electron chi connectivity index (χ3n) is 6.52. The molecule has 3 aliphatic heterocycles. The van der Waals surface area contributed by atoms with Gasteiger partial charge in [-0.15, -0.1) is 0 Å². The average molecular weight is 419 g/mol. The molecule has 3 aliphatic rings. The molecule has 162 valence electrons. The number of hydrogen-bond donors (Lipinski definition) is 0. The third-order valence-corrected chi connectivity index (χ3v) is 6.52. The predicted octanol–water partition coefficient (Wildman–Crippen LogP) is 4.09. The van der Waals surface area contributed by atoms with Crippen molar-refractivity contribution in [1.29, 1.82) is 0 Å². The number of rotatable bonds is 5. The summed E-state index contributed by atoms with van der Waals surface area (Å²) in [5.41, 5.74) is 6.03. The highest BCUT2D eigenvalue weighted by Crippen LogP contribution is 2.39. The zero-order valence-corrected chi connectivity index (χ0v) is 18.2. The molecule has 5 nitrogen and oxygen atoms in total. The van der Waals surface area contributed by atoms with E-state index in [9.17, 15) is 4.79 Å². The fourth-order valence-corrected chi connectivity index (χ4v) is 4.99. The molecule has 0 atom stereocenters. The first-order valence-electron chi connectivity index (χ1n) is 11.4. The third kappa shape index (κ3) is 4.07. The van der Waals surface area contributed by atoms with Crippen molar-refractivity contribution in [3.63, 3.8) is 0 Å². The van der Waals surface area contributed by atoms with Crippen LogP contribution in [0.15, 0.2) is 42.5 Å². The maximum absolute atomic E-state index is 12.0. The molecule has 5 heteroatoms. The van der Waals surface area contributed by atoms with Gasteiger partial charge in [-0.3, -0.25) is 9.69 Å². The molecule has 0 spiro atoms. The highest BCUT2D eigenvalue weighted by Gasteiger charge is 2.26. The number of anilines is 1. The van der Waals surface area contributed by atoms with E-state index >= 15 is 0 Å². The molecule has 0 saturated carbocycles. The first kappa shape index (κ1) is 20.1. The molecule has 0 radical (unpaired) electrons. The van der Waals surface area contributed by atoms with Crippen molar-refractivity contribution in [2.75, 3.05) is 44.3 Å². The van der Waals surface area contributed by atoms with Gasteiger partial charge in [0.05, 0.1) is 18.8 Å². The van der Waals surface area contributed by atoms with Gasteiger partial charge in [0, 0.05) is 32.0 Å². The minimum absolute atomic E-state index is 0.0670. The van der Waals surface area contributed by atoms with E-state index < -0.39 is 0 Å². The number of benzene rings is 2. The normalized spacial score (nSPS) is 18.0. The van der Waals surface area contributed by atoms with Gasteiger partial charge in [-0.05, 0) is 48.6 Å². The summed E-state index contributed by atoms with van der Waals surface area (Å²) >= 11 is 0. The van der Waals surface area contributed by atoms with Crippen molar-refractivity contribution < 1.29 is 14.3 Å². The van der Waals surface area contributed by atoms with Crippen molar-refractivity contribution in [2.24, 2.45) is 0 Å². The van der Waals surface area contributed by atoms with Crippen LogP contribution in [-0.2, 0) is 17.6 Å². The number of hydrogen-bond acceptors (Lipinski definition) is 4. The Morgan fingerprint density at radius 1 is 1.03 bits per heavy atom. The van der Waals surface area contributed by atoms with E-state index in [0.717, 1.165) is 74.7 Å². The molecule has 2 aromatic carbocycles. The lowest BCUT2D eigenvalue weighted by Crippen LogP contribution is -2.37. The second-order valence-corrected chi connectivity index (χ2v) is 8.57. The van der Waals surface area contributed by atoms with Gasteiger partial charge in [0.2, 0.25) is 5.91 Å². The Morgan fingerprint density at radius 2 is 1.90 bits per heavy atom. The first-order valence-corrected chi connectivity index (χ1v) is 11.4. The summed E-state index contributed by atoms with van der Waals surface area (Å²) < 4.78 is 11.9. The minimum atomic E-state index is 0.0670. The number of amides is 1. The van der Waals surface area contributed by atoms with E-state index in [4.69, 9.17) is 9.47 Å². The van der Waals surface area contributed by atoms with E-state index in [1.54, 1.807) is 6.92 Å². The standard InChI is InChI=1S/C26H30N2O3/c1-19(29)28-15-17-31-26-23(10-3-11-24(26)28)22-9-5-14-27(18-22)13-4-8-20-6-2-7-21-12-16-30-25(20)21/h2-3,6-7,9-11H,4-5,8,12-18H2,1H3. The highest BCUT2D eigenvalue weighted by molar-refractivity contribution is 5.95. The van der Waals surface area contributed by atoms with E-state index in [0.29, 0.717) is 13.2 Å². The van der Waals surface area contributed by atoms with Gasteiger partial charge in [0.1, 0.15) is 12.4 Å². The quantitative estimate of drug-likeness (QED) is 0.734. The highest BCUT2D eigenvalue weighted by atomic mass is 16.5. The van der Waals surface area contributed by atoms with Crippen LogP contribution in [0.5, 0.6) is 11.5 Å². The number of fused-ring (bicyclic) bond motifs is 2. The predicted molar refractivity (Wildman–Crippen MR) is 123 cm³/mol. The van der Waals surface area contributed by atoms with Gasteiger partial charge in [0.15, 0.2) is 5.75 Å². The van der Waals surface area contributed by atoms with Gasteiger partial charge < -0.3 is 14.4 Å². The van der Waals surface area contributed by atoms with Crippen LogP contribution in [0.3, 0.4) is 0 Å². The molecule has 31 heavy (non-hydrogen) atoms. The van der Waals surface area contributed by atoms with E-state index in [2.05, 4.69) is 35.2 Å². The SMILES string of the molecule is CC(=O)N1CCOc2c(C3=CCCN(CCCc4cccc5c4OCC5)C3)cccc21. The molecular formula is C26H30N2O3. The minimum Gasteiger partial charge on any atom is -0.493 e. The molecule has 5 rings (SSSR count). The maximum Gasteiger partial charge on any atom is 0.224 e. The van der Waals surface area contributed by atoms with E-state index in [-0.39, 0.29) is 5.91 Å².